The summed E-state index contributed by atoms with van der Waals surface area (Å²) in [6, 6.07) is 3.99. The third-order valence-corrected chi connectivity index (χ3v) is 5.39. The number of aromatic nitrogens is 4. The Balaban J connectivity index is 1.77. The van der Waals surface area contributed by atoms with Crippen molar-refractivity contribution < 1.29 is 4.79 Å². The van der Waals surface area contributed by atoms with E-state index in [1.54, 1.807) is 11.3 Å². The van der Waals surface area contributed by atoms with Gasteiger partial charge in [-0.1, -0.05) is 11.3 Å². The molecule has 0 aliphatic heterocycles. The lowest BCUT2D eigenvalue weighted by Crippen LogP contribution is -2.12. The van der Waals surface area contributed by atoms with Gasteiger partial charge in [-0.2, -0.15) is 4.98 Å². The summed E-state index contributed by atoms with van der Waals surface area (Å²) in [5.41, 5.74) is 0.695. The molecule has 0 saturated carbocycles. The fourth-order valence-electron chi connectivity index (χ4n) is 1.93. The van der Waals surface area contributed by atoms with Crippen molar-refractivity contribution in [3.05, 3.63) is 27.6 Å². The first-order valence-electron chi connectivity index (χ1n) is 6.89. The summed E-state index contributed by atoms with van der Waals surface area (Å²) in [4.78, 5) is 25.7. The van der Waals surface area contributed by atoms with Crippen LogP contribution in [0.2, 0.25) is 0 Å². The van der Waals surface area contributed by atoms with Gasteiger partial charge in [-0.15, -0.1) is 16.4 Å². The van der Waals surface area contributed by atoms with Crippen molar-refractivity contribution in [3.8, 4) is 10.7 Å². The minimum atomic E-state index is -0.249. The Hall–Kier alpha value is -2.26. The second-order valence-electron chi connectivity index (χ2n) is 5.18. The minimum Gasteiger partial charge on any atom is -0.354 e. The number of carbonyl (C=O) groups is 1. The van der Waals surface area contributed by atoms with Gasteiger partial charge in [0.05, 0.1) is 10.6 Å². The molecule has 7 nitrogen and oxygen atoms in total. The summed E-state index contributed by atoms with van der Waals surface area (Å²) >= 11 is 2.96. The molecule has 0 aliphatic rings. The van der Waals surface area contributed by atoms with Crippen molar-refractivity contribution in [2.24, 2.45) is 0 Å². The maximum absolute atomic E-state index is 12.4. The maximum Gasteiger partial charge on any atom is 0.270 e. The van der Waals surface area contributed by atoms with Crippen LogP contribution in [0, 0.1) is 13.8 Å². The van der Waals surface area contributed by atoms with Crippen LogP contribution in [0.3, 0.4) is 0 Å². The predicted molar refractivity (Wildman–Crippen MR) is 93.6 cm³/mol. The van der Waals surface area contributed by atoms with Gasteiger partial charge >= 0.3 is 0 Å². The van der Waals surface area contributed by atoms with Crippen LogP contribution < -0.4 is 10.2 Å². The molecule has 0 bridgehead atoms. The Morgan fingerprint density at radius 2 is 2.00 bits per heavy atom. The van der Waals surface area contributed by atoms with Crippen LogP contribution in [-0.2, 0) is 0 Å². The number of thiazole rings is 1. The zero-order valence-electron chi connectivity index (χ0n) is 13.2. The molecule has 0 atom stereocenters. The predicted octanol–water partition coefficient (Wildman–Crippen LogP) is 2.92. The van der Waals surface area contributed by atoms with Crippen LogP contribution >= 0.6 is 22.7 Å². The molecule has 0 aliphatic carbocycles. The van der Waals surface area contributed by atoms with E-state index in [9.17, 15) is 4.79 Å². The molecule has 3 rings (SSSR count). The molecule has 3 aromatic heterocycles. The Morgan fingerprint density at radius 1 is 1.22 bits per heavy atom. The number of hydrogen-bond donors (Lipinski definition) is 2. The lowest BCUT2D eigenvalue weighted by molar-refractivity contribution is 0.102. The van der Waals surface area contributed by atoms with Crippen LogP contribution in [0.15, 0.2) is 12.1 Å². The number of H-pyrrole nitrogens is 1. The van der Waals surface area contributed by atoms with Crippen molar-refractivity contribution in [2.75, 3.05) is 24.3 Å². The van der Waals surface area contributed by atoms with E-state index in [1.165, 1.54) is 16.2 Å². The quantitative estimate of drug-likeness (QED) is 0.757. The molecule has 0 saturated heterocycles. The zero-order valence-corrected chi connectivity index (χ0v) is 14.8. The van der Waals surface area contributed by atoms with Crippen LogP contribution in [0.25, 0.3) is 10.7 Å². The van der Waals surface area contributed by atoms with E-state index in [-0.39, 0.29) is 11.9 Å². The second kappa shape index (κ2) is 6.09. The van der Waals surface area contributed by atoms with Crippen LogP contribution in [0.1, 0.15) is 20.2 Å². The molecule has 0 radical (unpaired) electrons. The van der Waals surface area contributed by atoms with Gasteiger partial charge in [0.15, 0.2) is 11.0 Å². The topological polar surface area (TPSA) is 86.8 Å². The standard InChI is InChI=1S/C14H16N6OS2/c1-7-5-6-9(22-7)11-16-13(19-18-11)17-12(21)10-8(2)15-14(23-10)20(3)4/h5-6H,1-4H3,(H2,16,17,18,19,21). The summed E-state index contributed by atoms with van der Waals surface area (Å²) in [5, 5.41) is 10.4. The molecule has 0 unspecified atom stereocenters. The summed E-state index contributed by atoms with van der Waals surface area (Å²) in [6.07, 6.45) is 0. The first kappa shape index (κ1) is 15.6. The fourth-order valence-corrected chi connectivity index (χ4v) is 3.62. The van der Waals surface area contributed by atoms with Gasteiger partial charge in [-0.05, 0) is 26.0 Å². The third kappa shape index (κ3) is 3.25. The van der Waals surface area contributed by atoms with Gasteiger partial charge in [0.25, 0.3) is 5.91 Å². The lowest BCUT2D eigenvalue weighted by atomic mass is 10.4. The number of amides is 1. The summed E-state index contributed by atoms with van der Waals surface area (Å²) < 4.78 is 0. The van der Waals surface area contributed by atoms with Crippen LogP contribution in [0.4, 0.5) is 11.1 Å². The van der Waals surface area contributed by atoms with Gasteiger partial charge in [0.1, 0.15) is 4.88 Å². The van der Waals surface area contributed by atoms with Gasteiger partial charge in [0.2, 0.25) is 5.95 Å². The monoisotopic (exact) mass is 348 g/mol. The maximum atomic E-state index is 12.4. The normalized spacial score (nSPS) is 10.8. The van der Waals surface area contributed by atoms with Crippen molar-refractivity contribution in [1.82, 2.24) is 20.2 Å². The Morgan fingerprint density at radius 3 is 2.61 bits per heavy atom. The van der Waals surface area contributed by atoms with E-state index in [4.69, 9.17) is 0 Å². The van der Waals surface area contributed by atoms with Crippen molar-refractivity contribution in [2.45, 2.75) is 13.8 Å². The minimum absolute atomic E-state index is 0.249. The highest BCUT2D eigenvalue weighted by atomic mass is 32.1. The molecule has 3 heterocycles. The number of aromatic amines is 1. The third-order valence-electron chi connectivity index (χ3n) is 3.06. The molecule has 0 aromatic carbocycles. The lowest BCUT2D eigenvalue weighted by Gasteiger charge is -2.05. The van der Waals surface area contributed by atoms with Gasteiger partial charge in [-0.25, -0.2) is 4.98 Å². The molecule has 1 amide bonds. The summed E-state index contributed by atoms with van der Waals surface area (Å²) in [5.74, 6) is 0.657. The molecule has 3 aromatic rings. The number of carbonyl (C=O) groups excluding carboxylic acids is 1. The highest BCUT2D eigenvalue weighted by Crippen LogP contribution is 2.27. The van der Waals surface area contributed by atoms with E-state index in [2.05, 4.69) is 25.5 Å². The number of aryl methyl sites for hydroxylation is 2. The van der Waals surface area contributed by atoms with Gasteiger partial charge < -0.3 is 4.90 Å². The number of nitrogens with one attached hydrogen (secondary N) is 2. The molecule has 0 fully saturated rings. The van der Waals surface area contributed by atoms with Crippen molar-refractivity contribution in [3.63, 3.8) is 0 Å². The van der Waals surface area contributed by atoms with E-state index >= 15 is 0 Å². The molecular formula is C14H16N6OS2. The van der Waals surface area contributed by atoms with Crippen molar-refractivity contribution in [1.29, 1.82) is 0 Å². The van der Waals surface area contributed by atoms with E-state index in [1.807, 2.05) is 45.0 Å². The smallest absolute Gasteiger partial charge is 0.270 e. The second-order valence-corrected chi connectivity index (χ2v) is 7.44. The highest BCUT2D eigenvalue weighted by molar-refractivity contribution is 7.17. The number of nitrogens with zero attached hydrogens (tertiary/aromatic N) is 4. The van der Waals surface area contributed by atoms with Gasteiger partial charge in [0, 0.05) is 19.0 Å². The first-order chi connectivity index (χ1) is 10.9. The fraction of sp³-hybridized carbons (Fsp3) is 0.286. The van der Waals surface area contributed by atoms with E-state index in [0.29, 0.717) is 16.4 Å². The summed E-state index contributed by atoms with van der Waals surface area (Å²) in [7, 11) is 3.79. The Kier molecular flexibility index (Phi) is 4.14. The Labute approximate surface area is 141 Å². The SMILES string of the molecule is Cc1ccc(-c2nc(NC(=O)c3sc(N(C)C)nc3C)n[nH]2)s1. The highest BCUT2D eigenvalue weighted by Gasteiger charge is 2.18. The summed E-state index contributed by atoms with van der Waals surface area (Å²) in [6.45, 7) is 3.85. The average molecular weight is 348 g/mol. The van der Waals surface area contributed by atoms with Crippen LogP contribution in [-0.4, -0.2) is 40.2 Å². The first-order valence-corrected chi connectivity index (χ1v) is 8.52. The average Bonchev–Trinajstić information content (AvgIpc) is 3.18. The number of thiophene rings is 1. The molecule has 2 N–H and O–H groups in total. The largest absolute Gasteiger partial charge is 0.354 e. The number of anilines is 2. The molecule has 120 valence electrons. The number of rotatable bonds is 4. The van der Waals surface area contributed by atoms with Crippen molar-refractivity contribution >= 4 is 39.7 Å². The molecule has 23 heavy (non-hydrogen) atoms. The number of hydrogen-bond acceptors (Lipinski definition) is 7. The molecular weight excluding hydrogens is 332 g/mol. The van der Waals surface area contributed by atoms with Gasteiger partial charge in [-0.3, -0.25) is 15.2 Å². The van der Waals surface area contributed by atoms with Crippen LogP contribution in [0.5, 0.6) is 0 Å². The van der Waals surface area contributed by atoms with E-state index < -0.39 is 0 Å². The Bertz CT molecular complexity index is 847. The zero-order chi connectivity index (χ0) is 16.6. The molecule has 0 spiro atoms. The van der Waals surface area contributed by atoms with E-state index in [0.717, 1.165) is 10.0 Å². The molecule has 9 heteroatoms.